The molecule has 0 spiro atoms. The fraction of sp³-hybridized carbons (Fsp3) is 0.0526. The topological polar surface area (TPSA) is 103 Å². The Morgan fingerprint density at radius 1 is 0.840 bits per heavy atom. The quantitative estimate of drug-likeness (QED) is 0.411. The van der Waals surface area contributed by atoms with Crippen LogP contribution in [-0.2, 0) is 0 Å². The standard InChI is InChI=1S/C19H14O6/c1-24-19-11(9-2-4-10(20)5-3-9)7-16-17(18(19)23)12-6-13(21)14(22)8-15(12)25-16/h2-8,20-23H,1H3. The van der Waals surface area contributed by atoms with Crippen LogP contribution in [0.4, 0.5) is 0 Å². The van der Waals surface area contributed by atoms with E-state index < -0.39 is 0 Å². The van der Waals surface area contributed by atoms with Crippen molar-refractivity contribution in [3.63, 3.8) is 0 Å². The lowest BCUT2D eigenvalue weighted by molar-refractivity contribution is 0.378. The Morgan fingerprint density at radius 2 is 1.52 bits per heavy atom. The number of phenolic OH excluding ortho intramolecular Hbond substituents is 4. The molecule has 126 valence electrons. The average molecular weight is 338 g/mol. The highest BCUT2D eigenvalue weighted by Gasteiger charge is 2.21. The molecular formula is C19H14O6. The van der Waals surface area contributed by atoms with Gasteiger partial charge in [-0.15, -0.1) is 0 Å². The van der Waals surface area contributed by atoms with E-state index in [0.29, 0.717) is 27.5 Å². The minimum absolute atomic E-state index is 0.128. The van der Waals surface area contributed by atoms with Crippen LogP contribution in [0.15, 0.2) is 46.9 Å². The molecule has 3 aromatic carbocycles. The van der Waals surface area contributed by atoms with E-state index in [1.54, 1.807) is 18.2 Å². The molecule has 1 aromatic heterocycles. The molecule has 1 heterocycles. The molecular weight excluding hydrogens is 324 g/mol. The summed E-state index contributed by atoms with van der Waals surface area (Å²) in [7, 11) is 1.44. The molecule has 0 amide bonds. The summed E-state index contributed by atoms with van der Waals surface area (Å²) >= 11 is 0. The summed E-state index contributed by atoms with van der Waals surface area (Å²) in [6.07, 6.45) is 0. The number of hydrogen-bond acceptors (Lipinski definition) is 6. The number of aromatic hydroxyl groups is 4. The average Bonchev–Trinajstić information content (AvgIpc) is 2.93. The minimum atomic E-state index is -0.309. The van der Waals surface area contributed by atoms with Gasteiger partial charge in [-0.05, 0) is 29.8 Å². The lowest BCUT2D eigenvalue weighted by Crippen LogP contribution is -1.89. The molecule has 0 saturated heterocycles. The Labute approximate surface area is 141 Å². The molecule has 0 aliphatic carbocycles. The van der Waals surface area contributed by atoms with Gasteiger partial charge in [-0.3, -0.25) is 0 Å². The van der Waals surface area contributed by atoms with Crippen molar-refractivity contribution in [2.75, 3.05) is 7.11 Å². The van der Waals surface area contributed by atoms with Gasteiger partial charge in [0, 0.05) is 17.0 Å². The highest BCUT2D eigenvalue weighted by Crippen LogP contribution is 2.48. The van der Waals surface area contributed by atoms with Gasteiger partial charge in [0.15, 0.2) is 23.0 Å². The van der Waals surface area contributed by atoms with Gasteiger partial charge in [-0.2, -0.15) is 0 Å². The number of fused-ring (bicyclic) bond motifs is 3. The molecule has 0 aliphatic rings. The van der Waals surface area contributed by atoms with Crippen molar-refractivity contribution < 1.29 is 29.6 Å². The molecule has 4 N–H and O–H groups in total. The molecule has 6 nitrogen and oxygen atoms in total. The largest absolute Gasteiger partial charge is 0.508 e. The van der Waals surface area contributed by atoms with E-state index in [1.165, 1.54) is 31.4 Å². The molecule has 0 bridgehead atoms. The zero-order chi connectivity index (χ0) is 17.7. The van der Waals surface area contributed by atoms with Gasteiger partial charge in [-0.1, -0.05) is 12.1 Å². The first-order chi connectivity index (χ1) is 12.0. The number of benzene rings is 3. The maximum absolute atomic E-state index is 10.7. The first-order valence-corrected chi connectivity index (χ1v) is 7.47. The Hall–Kier alpha value is -3.54. The van der Waals surface area contributed by atoms with Crippen molar-refractivity contribution in [2.24, 2.45) is 0 Å². The van der Waals surface area contributed by atoms with Gasteiger partial charge >= 0.3 is 0 Å². The SMILES string of the molecule is COc1c(-c2ccc(O)cc2)cc2oc3cc(O)c(O)cc3c2c1O. The molecule has 6 heteroatoms. The van der Waals surface area contributed by atoms with Crippen LogP contribution >= 0.6 is 0 Å². The normalized spacial score (nSPS) is 11.2. The predicted octanol–water partition coefficient (Wildman–Crippen LogP) is 4.08. The van der Waals surface area contributed by atoms with Crippen molar-refractivity contribution >= 4 is 21.9 Å². The second-order valence-corrected chi connectivity index (χ2v) is 5.67. The second-order valence-electron chi connectivity index (χ2n) is 5.67. The first-order valence-electron chi connectivity index (χ1n) is 7.47. The van der Waals surface area contributed by atoms with Crippen LogP contribution in [-0.4, -0.2) is 27.5 Å². The third-order valence-corrected chi connectivity index (χ3v) is 4.17. The number of ether oxygens (including phenoxy) is 1. The van der Waals surface area contributed by atoms with E-state index in [4.69, 9.17) is 9.15 Å². The Balaban J connectivity index is 2.09. The fourth-order valence-electron chi connectivity index (χ4n) is 2.99. The molecule has 0 radical (unpaired) electrons. The summed E-state index contributed by atoms with van der Waals surface area (Å²) in [4.78, 5) is 0. The second kappa shape index (κ2) is 5.24. The Bertz CT molecular complexity index is 1110. The van der Waals surface area contributed by atoms with Gasteiger partial charge in [0.25, 0.3) is 0 Å². The molecule has 0 saturated carbocycles. The molecule has 25 heavy (non-hydrogen) atoms. The zero-order valence-electron chi connectivity index (χ0n) is 13.1. The summed E-state index contributed by atoms with van der Waals surface area (Å²) in [5.74, 6) is -0.379. The van der Waals surface area contributed by atoms with Crippen molar-refractivity contribution in [1.82, 2.24) is 0 Å². The van der Waals surface area contributed by atoms with Crippen LogP contribution in [0.5, 0.6) is 28.7 Å². The first kappa shape index (κ1) is 15.0. The van der Waals surface area contributed by atoms with Crippen molar-refractivity contribution in [3.05, 3.63) is 42.5 Å². The third-order valence-electron chi connectivity index (χ3n) is 4.17. The van der Waals surface area contributed by atoms with Gasteiger partial charge in [0.1, 0.15) is 16.9 Å². The predicted molar refractivity (Wildman–Crippen MR) is 92.4 cm³/mol. The lowest BCUT2D eigenvalue weighted by Gasteiger charge is -2.11. The van der Waals surface area contributed by atoms with E-state index in [-0.39, 0.29) is 28.7 Å². The van der Waals surface area contributed by atoms with Gasteiger partial charge < -0.3 is 29.6 Å². The van der Waals surface area contributed by atoms with E-state index in [2.05, 4.69) is 0 Å². The highest BCUT2D eigenvalue weighted by atomic mass is 16.5. The number of hydrogen-bond donors (Lipinski definition) is 4. The van der Waals surface area contributed by atoms with Crippen LogP contribution < -0.4 is 4.74 Å². The number of phenols is 4. The third kappa shape index (κ3) is 2.19. The molecule has 0 unspecified atom stereocenters. The van der Waals surface area contributed by atoms with E-state index in [0.717, 1.165) is 5.56 Å². The molecule has 0 aliphatic heterocycles. The molecule has 4 rings (SSSR count). The van der Waals surface area contributed by atoms with E-state index in [9.17, 15) is 20.4 Å². The van der Waals surface area contributed by atoms with E-state index in [1.807, 2.05) is 0 Å². The van der Waals surface area contributed by atoms with Crippen LogP contribution in [0.1, 0.15) is 0 Å². The van der Waals surface area contributed by atoms with Gasteiger partial charge in [0.05, 0.1) is 12.5 Å². The summed E-state index contributed by atoms with van der Waals surface area (Å²) < 4.78 is 11.1. The van der Waals surface area contributed by atoms with Crippen LogP contribution in [0.2, 0.25) is 0 Å². The van der Waals surface area contributed by atoms with Gasteiger partial charge in [-0.25, -0.2) is 0 Å². The van der Waals surface area contributed by atoms with Crippen molar-refractivity contribution in [1.29, 1.82) is 0 Å². The maximum Gasteiger partial charge on any atom is 0.170 e. The van der Waals surface area contributed by atoms with E-state index >= 15 is 0 Å². The summed E-state index contributed by atoms with van der Waals surface area (Å²) in [6, 6.07) is 10.8. The van der Waals surface area contributed by atoms with Crippen LogP contribution in [0.3, 0.4) is 0 Å². The highest BCUT2D eigenvalue weighted by molar-refractivity contribution is 6.11. The van der Waals surface area contributed by atoms with Crippen LogP contribution in [0.25, 0.3) is 33.1 Å². The molecule has 0 fully saturated rings. The number of rotatable bonds is 2. The van der Waals surface area contributed by atoms with Gasteiger partial charge in [0.2, 0.25) is 0 Å². The molecule has 0 atom stereocenters. The lowest BCUT2D eigenvalue weighted by atomic mass is 10.0. The van der Waals surface area contributed by atoms with Crippen molar-refractivity contribution in [2.45, 2.75) is 0 Å². The Kier molecular flexibility index (Phi) is 3.15. The summed E-state index contributed by atoms with van der Waals surface area (Å²) in [5.41, 5.74) is 2.00. The summed E-state index contributed by atoms with van der Waals surface area (Å²) in [6.45, 7) is 0. The Morgan fingerprint density at radius 3 is 2.20 bits per heavy atom. The number of furan rings is 1. The maximum atomic E-state index is 10.7. The minimum Gasteiger partial charge on any atom is -0.508 e. The summed E-state index contributed by atoms with van der Waals surface area (Å²) in [5, 5.41) is 40.4. The number of methoxy groups -OCH3 is 1. The monoisotopic (exact) mass is 338 g/mol. The molecule has 4 aromatic rings. The van der Waals surface area contributed by atoms with Crippen molar-refractivity contribution in [3.8, 4) is 39.9 Å². The van der Waals surface area contributed by atoms with Crippen LogP contribution in [0, 0.1) is 0 Å². The fourth-order valence-corrected chi connectivity index (χ4v) is 2.99. The smallest absolute Gasteiger partial charge is 0.170 e. The zero-order valence-corrected chi connectivity index (χ0v) is 13.1.